The molecule has 3 rings (SSSR count). The minimum atomic E-state index is -0.249. The van der Waals surface area contributed by atoms with Crippen LogP contribution in [-0.4, -0.2) is 11.1 Å². The Hall–Kier alpha value is -2.56. The fourth-order valence-electron chi connectivity index (χ4n) is 2.10. The van der Waals surface area contributed by atoms with Crippen molar-refractivity contribution in [1.29, 1.82) is 0 Å². The first-order valence-electron chi connectivity index (χ1n) is 6.33. The highest BCUT2D eigenvalue weighted by Crippen LogP contribution is 2.19. The maximum absolute atomic E-state index is 12.1. The Morgan fingerprint density at radius 1 is 1.30 bits per heavy atom. The summed E-state index contributed by atoms with van der Waals surface area (Å²) in [7, 11) is 0. The lowest BCUT2D eigenvalue weighted by molar-refractivity contribution is 0.0925. The standard InChI is InChI=1S/C15H14N2O3/c1-9-12(10(2)20-17-9)8-16-15(18)14-7-11-5-3-4-6-13(11)19-14/h3-7H,8H2,1-2H3,(H,16,18). The van der Waals surface area contributed by atoms with E-state index in [9.17, 15) is 4.79 Å². The predicted octanol–water partition coefficient (Wildman–Crippen LogP) is 2.97. The molecular formula is C15H14N2O3. The van der Waals surface area contributed by atoms with Crippen molar-refractivity contribution in [1.82, 2.24) is 10.5 Å². The summed E-state index contributed by atoms with van der Waals surface area (Å²) >= 11 is 0. The number of amides is 1. The van der Waals surface area contributed by atoms with Crippen molar-refractivity contribution in [3.63, 3.8) is 0 Å². The van der Waals surface area contributed by atoms with E-state index in [1.54, 1.807) is 6.07 Å². The number of hydrogen-bond donors (Lipinski definition) is 1. The number of aryl methyl sites for hydroxylation is 2. The third-order valence-electron chi connectivity index (χ3n) is 3.26. The number of para-hydroxylation sites is 1. The van der Waals surface area contributed by atoms with Crippen LogP contribution in [0.1, 0.15) is 27.6 Å². The Morgan fingerprint density at radius 3 is 2.80 bits per heavy atom. The number of nitrogens with zero attached hydrogens (tertiary/aromatic N) is 1. The molecule has 2 heterocycles. The smallest absolute Gasteiger partial charge is 0.287 e. The monoisotopic (exact) mass is 270 g/mol. The Labute approximate surface area is 115 Å². The number of benzene rings is 1. The maximum atomic E-state index is 12.1. The topological polar surface area (TPSA) is 68.3 Å². The summed E-state index contributed by atoms with van der Waals surface area (Å²) in [5, 5.41) is 7.58. The van der Waals surface area contributed by atoms with Gasteiger partial charge in [-0.1, -0.05) is 23.4 Å². The molecule has 102 valence electrons. The van der Waals surface area contributed by atoms with Crippen LogP contribution in [0.4, 0.5) is 0 Å². The SMILES string of the molecule is Cc1noc(C)c1CNC(=O)c1cc2ccccc2o1. The molecule has 0 fully saturated rings. The number of nitrogens with one attached hydrogen (secondary N) is 1. The molecule has 0 saturated heterocycles. The molecule has 5 heteroatoms. The number of fused-ring (bicyclic) bond motifs is 1. The first kappa shape index (κ1) is 12.5. The average Bonchev–Trinajstić information content (AvgIpc) is 3.01. The summed E-state index contributed by atoms with van der Waals surface area (Å²) in [6.45, 7) is 4.04. The minimum absolute atomic E-state index is 0.249. The Kier molecular flexibility index (Phi) is 3.02. The van der Waals surface area contributed by atoms with Crippen molar-refractivity contribution in [2.75, 3.05) is 0 Å². The van der Waals surface area contributed by atoms with E-state index in [-0.39, 0.29) is 5.91 Å². The molecule has 0 unspecified atom stereocenters. The maximum Gasteiger partial charge on any atom is 0.287 e. The van der Waals surface area contributed by atoms with Crippen LogP contribution in [0.2, 0.25) is 0 Å². The van der Waals surface area contributed by atoms with Crippen molar-refractivity contribution >= 4 is 16.9 Å². The molecular weight excluding hydrogens is 256 g/mol. The van der Waals surface area contributed by atoms with Crippen LogP contribution in [0.25, 0.3) is 11.0 Å². The van der Waals surface area contributed by atoms with Gasteiger partial charge in [-0.2, -0.15) is 0 Å². The van der Waals surface area contributed by atoms with E-state index in [4.69, 9.17) is 8.94 Å². The normalized spacial score (nSPS) is 10.9. The third kappa shape index (κ3) is 2.18. The lowest BCUT2D eigenvalue weighted by Crippen LogP contribution is -2.22. The van der Waals surface area contributed by atoms with Crippen LogP contribution in [0.15, 0.2) is 39.3 Å². The van der Waals surface area contributed by atoms with Crippen LogP contribution in [0, 0.1) is 13.8 Å². The summed E-state index contributed by atoms with van der Waals surface area (Å²) in [5.74, 6) is 0.770. The Bertz CT molecular complexity index is 718. The fraction of sp³-hybridized carbons (Fsp3) is 0.200. The van der Waals surface area contributed by atoms with Gasteiger partial charge in [-0.05, 0) is 26.0 Å². The molecule has 0 aliphatic carbocycles. The summed E-state index contributed by atoms with van der Waals surface area (Å²) < 4.78 is 10.6. The van der Waals surface area contributed by atoms with Gasteiger partial charge >= 0.3 is 0 Å². The van der Waals surface area contributed by atoms with Gasteiger partial charge in [0.25, 0.3) is 5.91 Å². The fourth-order valence-corrected chi connectivity index (χ4v) is 2.10. The zero-order valence-corrected chi connectivity index (χ0v) is 11.3. The van der Waals surface area contributed by atoms with Crippen LogP contribution in [0.5, 0.6) is 0 Å². The van der Waals surface area contributed by atoms with Crippen molar-refractivity contribution in [3.8, 4) is 0 Å². The molecule has 1 N–H and O–H groups in total. The zero-order valence-electron chi connectivity index (χ0n) is 11.3. The lowest BCUT2D eigenvalue weighted by atomic mass is 10.2. The zero-order chi connectivity index (χ0) is 14.1. The number of aromatic nitrogens is 1. The van der Waals surface area contributed by atoms with Gasteiger partial charge in [0.1, 0.15) is 11.3 Å². The number of furan rings is 1. The molecule has 1 amide bonds. The van der Waals surface area contributed by atoms with E-state index in [0.29, 0.717) is 23.6 Å². The first-order valence-corrected chi connectivity index (χ1v) is 6.33. The molecule has 0 aliphatic rings. The number of carbonyl (C=O) groups is 1. The van der Waals surface area contributed by atoms with Gasteiger partial charge in [0.2, 0.25) is 0 Å². The number of hydrogen-bond acceptors (Lipinski definition) is 4. The lowest BCUT2D eigenvalue weighted by Gasteiger charge is -2.02. The van der Waals surface area contributed by atoms with Gasteiger partial charge in [-0.25, -0.2) is 0 Å². The van der Waals surface area contributed by atoms with E-state index in [1.165, 1.54) is 0 Å². The first-order chi connectivity index (χ1) is 9.65. The Morgan fingerprint density at radius 2 is 2.10 bits per heavy atom. The van der Waals surface area contributed by atoms with Gasteiger partial charge in [0, 0.05) is 17.5 Å². The van der Waals surface area contributed by atoms with Crippen molar-refractivity contribution in [2.45, 2.75) is 20.4 Å². The minimum Gasteiger partial charge on any atom is -0.451 e. The molecule has 0 radical (unpaired) electrons. The molecule has 0 atom stereocenters. The van der Waals surface area contributed by atoms with E-state index < -0.39 is 0 Å². The van der Waals surface area contributed by atoms with E-state index in [1.807, 2.05) is 38.1 Å². The predicted molar refractivity (Wildman–Crippen MR) is 73.4 cm³/mol. The molecule has 2 aromatic heterocycles. The third-order valence-corrected chi connectivity index (χ3v) is 3.26. The highest BCUT2D eigenvalue weighted by Gasteiger charge is 2.14. The highest BCUT2D eigenvalue weighted by molar-refractivity contribution is 5.96. The molecule has 20 heavy (non-hydrogen) atoms. The van der Waals surface area contributed by atoms with Crippen LogP contribution < -0.4 is 5.32 Å². The van der Waals surface area contributed by atoms with E-state index in [0.717, 1.165) is 16.6 Å². The number of carbonyl (C=O) groups excluding carboxylic acids is 1. The molecule has 1 aromatic carbocycles. The van der Waals surface area contributed by atoms with E-state index >= 15 is 0 Å². The van der Waals surface area contributed by atoms with Gasteiger partial charge in [-0.3, -0.25) is 4.79 Å². The van der Waals surface area contributed by atoms with Crippen molar-refractivity contribution < 1.29 is 13.7 Å². The molecule has 0 saturated carbocycles. The second kappa shape index (κ2) is 4.85. The summed E-state index contributed by atoms with van der Waals surface area (Å²) in [5.41, 5.74) is 2.39. The molecule has 3 aromatic rings. The average molecular weight is 270 g/mol. The van der Waals surface area contributed by atoms with Crippen LogP contribution in [0.3, 0.4) is 0 Å². The summed E-state index contributed by atoms with van der Waals surface area (Å²) in [6, 6.07) is 9.25. The molecule has 0 spiro atoms. The summed E-state index contributed by atoms with van der Waals surface area (Å²) in [6.07, 6.45) is 0. The van der Waals surface area contributed by atoms with Crippen LogP contribution >= 0.6 is 0 Å². The second-order valence-electron chi connectivity index (χ2n) is 4.63. The molecule has 0 aliphatic heterocycles. The van der Waals surface area contributed by atoms with Crippen molar-refractivity contribution in [2.24, 2.45) is 0 Å². The second-order valence-corrected chi connectivity index (χ2v) is 4.63. The van der Waals surface area contributed by atoms with Gasteiger partial charge in [-0.15, -0.1) is 0 Å². The highest BCUT2D eigenvalue weighted by atomic mass is 16.5. The molecule has 0 bridgehead atoms. The van der Waals surface area contributed by atoms with Crippen LogP contribution in [-0.2, 0) is 6.54 Å². The van der Waals surface area contributed by atoms with E-state index in [2.05, 4.69) is 10.5 Å². The van der Waals surface area contributed by atoms with Gasteiger partial charge in [0.05, 0.1) is 5.69 Å². The largest absolute Gasteiger partial charge is 0.451 e. The van der Waals surface area contributed by atoms with Gasteiger partial charge < -0.3 is 14.3 Å². The quantitative estimate of drug-likeness (QED) is 0.794. The Balaban J connectivity index is 1.76. The summed E-state index contributed by atoms with van der Waals surface area (Å²) in [4.78, 5) is 12.1. The van der Waals surface area contributed by atoms with Crippen molar-refractivity contribution in [3.05, 3.63) is 53.1 Å². The van der Waals surface area contributed by atoms with Gasteiger partial charge in [0.15, 0.2) is 5.76 Å². The molecule has 5 nitrogen and oxygen atoms in total. The number of rotatable bonds is 3.